The molecule has 118 valence electrons. The maximum atomic E-state index is 5.79. The van der Waals surface area contributed by atoms with E-state index in [0.717, 1.165) is 26.2 Å². The van der Waals surface area contributed by atoms with Gasteiger partial charge in [0.05, 0.1) is 12.7 Å². The van der Waals surface area contributed by atoms with Gasteiger partial charge in [0.25, 0.3) is 0 Å². The van der Waals surface area contributed by atoms with E-state index in [0.29, 0.717) is 24.1 Å². The fourth-order valence-corrected chi connectivity index (χ4v) is 2.97. The van der Waals surface area contributed by atoms with E-state index in [1.807, 2.05) is 0 Å². The Labute approximate surface area is 129 Å². The van der Waals surface area contributed by atoms with Gasteiger partial charge in [-0.15, -0.1) is 0 Å². The van der Waals surface area contributed by atoms with E-state index in [9.17, 15) is 0 Å². The topological polar surface area (TPSA) is 24.5 Å². The predicted octanol–water partition coefficient (Wildman–Crippen LogP) is 3.08. The number of hydrogen-bond donors (Lipinski definition) is 1. The average Bonchev–Trinajstić information content (AvgIpc) is 2.47. The van der Waals surface area contributed by atoms with Crippen molar-refractivity contribution in [3.05, 3.63) is 35.9 Å². The summed E-state index contributed by atoms with van der Waals surface area (Å²) in [6.45, 7) is 12.8. The van der Waals surface area contributed by atoms with Crippen LogP contribution in [0.15, 0.2) is 30.3 Å². The Morgan fingerprint density at radius 1 is 1.19 bits per heavy atom. The number of nitrogens with one attached hydrogen (secondary N) is 1. The zero-order chi connectivity index (χ0) is 15.2. The van der Waals surface area contributed by atoms with Crippen molar-refractivity contribution in [3.8, 4) is 0 Å². The van der Waals surface area contributed by atoms with Crippen LogP contribution < -0.4 is 5.32 Å². The highest BCUT2D eigenvalue weighted by atomic mass is 16.5. The lowest BCUT2D eigenvalue weighted by Gasteiger charge is -2.42. The Balaban J connectivity index is 2.10. The van der Waals surface area contributed by atoms with Gasteiger partial charge < -0.3 is 10.1 Å². The molecule has 1 aromatic rings. The van der Waals surface area contributed by atoms with Crippen LogP contribution in [-0.4, -0.2) is 43.3 Å². The van der Waals surface area contributed by atoms with Crippen molar-refractivity contribution in [2.24, 2.45) is 5.92 Å². The van der Waals surface area contributed by atoms with Crippen molar-refractivity contribution in [3.63, 3.8) is 0 Å². The Bertz CT molecular complexity index is 407. The minimum absolute atomic E-state index is 0.317. The molecule has 0 radical (unpaired) electrons. The second-order valence-corrected chi connectivity index (χ2v) is 6.67. The van der Waals surface area contributed by atoms with Crippen LogP contribution in [0.3, 0.4) is 0 Å². The molecule has 1 heterocycles. The highest BCUT2D eigenvalue weighted by Gasteiger charge is 2.30. The molecule has 0 aliphatic carbocycles. The van der Waals surface area contributed by atoms with Crippen molar-refractivity contribution in [2.75, 3.05) is 26.2 Å². The smallest absolute Gasteiger partial charge is 0.0675 e. The third-order valence-corrected chi connectivity index (χ3v) is 4.13. The van der Waals surface area contributed by atoms with Gasteiger partial charge in [-0.2, -0.15) is 0 Å². The van der Waals surface area contributed by atoms with Gasteiger partial charge in [0.2, 0.25) is 0 Å². The zero-order valence-corrected chi connectivity index (χ0v) is 13.9. The van der Waals surface area contributed by atoms with Crippen molar-refractivity contribution in [1.29, 1.82) is 0 Å². The minimum atomic E-state index is 0.317. The first-order valence-electron chi connectivity index (χ1n) is 8.21. The van der Waals surface area contributed by atoms with E-state index in [4.69, 9.17) is 4.74 Å². The summed E-state index contributed by atoms with van der Waals surface area (Å²) in [6.07, 6.45) is 0.317. The summed E-state index contributed by atoms with van der Waals surface area (Å²) in [6, 6.07) is 11.7. The zero-order valence-electron chi connectivity index (χ0n) is 13.9. The fourth-order valence-electron chi connectivity index (χ4n) is 2.97. The number of benzene rings is 1. The summed E-state index contributed by atoms with van der Waals surface area (Å²) in [5.74, 6) is 0.683. The summed E-state index contributed by atoms with van der Waals surface area (Å²) in [4.78, 5) is 2.59. The van der Waals surface area contributed by atoms with Gasteiger partial charge in [-0.05, 0) is 31.9 Å². The Morgan fingerprint density at radius 2 is 1.90 bits per heavy atom. The maximum absolute atomic E-state index is 5.79. The van der Waals surface area contributed by atoms with Crippen LogP contribution >= 0.6 is 0 Å². The summed E-state index contributed by atoms with van der Waals surface area (Å²) < 4.78 is 5.79. The Morgan fingerprint density at radius 3 is 2.57 bits per heavy atom. The first kappa shape index (κ1) is 16.5. The third-order valence-electron chi connectivity index (χ3n) is 4.13. The van der Waals surface area contributed by atoms with Crippen molar-refractivity contribution < 1.29 is 4.74 Å². The van der Waals surface area contributed by atoms with Crippen LogP contribution in [0.4, 0.5) is 0 Å². The van der Waals surface area contributed by atoms with Gasteiger partial charge in [-0.1, -0.05) is 44.2 Å². The summed E-state index contributed by atoms with van der Waals surface area (Å²) in [7, 11) is 0. The summed E-state index contributed by atoms with van der Waals surface area (Å²) in [5, 5.41) is 3.63. The second kappa shape index (κ2) is 7.92. The van der Waals surface area contributed by atoms with Gasteiger partial charge >= 0.3 is 0 Å². The van der Waals surface area contributed by atoms with Crippen molar-refractivity contribution in [2.45, 2.75) is 45.9 Å². The van der Waals surface area contributed by atoms with E-state index >= 15 is 0 Å². The molecule has 1 fully saturated rings. The number of hydrogen-bond acceptors (Lipinski definition) is 3. The van der Waals surface area contributed by atoms with E-state index in [1.165, 1.54) is 5.56 Å². The molecule has 1 N–H and O–H groups in total. The van der Waals surface area contributed by atoms with E-state index in [-0.39, 0.29) is 0 Å². The molecule has 0 amide bonds. The largest absolute Gasteiger partial charge is 0.376 e. The standard InChI is InChI=1S/C18H30N2O/c1-14(2)10-19-11-18(17-8-6-5-7-9-17)20-12-16(4)21-13-15(20)3/h5-9,14-16,18-19H,10-13H2,1-4H3. The third kappa shape index (κ3) is 4.80. The SMILES string of the molecule is CC(C)CNCC(c1ccccc1)N1CC(C)OCC1C. The Hall–Kier alpha value is -0.900. The molecule has 3 unspecified atom stereocenters. The first-order chi connectivity index (χ1) is 10.1. The number of nitrogens with zero attached hydrogens (tertiary/aromatic N) is 1. The number of rotatable bonds is 6. The van der Waals surface area contributed by atoms with Crippen molar-refractivity contribution >= 4 is 0 Å². The van der Waals surface area contributed by atoms with Gasteiger partial charge in [-0.25, -0.2) is 0 Å². The van der Waals surface area contributed by atoms with Crippen LogP contribution in [0.1, 0.15) is 39.3 Å². The molecule has 0 bridgehead atoms. The molecule has 1 aliphatic heterocycles. The minimum Gasteiger partial charge on any atom is -0.376 e. The quantitative estimate of drug-likeness (QED) is 0.871. The maximum Gasteiger partial charge on any atom is 0.0675 e. The van der Waals surface area contributed by atoms with E-state index in [2.05, 4.69) is 68.2 Å². The molecule has 1 aromatic carbocycles. The monoisotopic (exact) mass is 290 g/mol. The van der Waals surface area contributed by atoms with Gasteiger partial charge in [0, 0.05) is 25.2 Å². The summed E-state index contributed by atoms with van der Waals surface area (Å²) in [5.41, 5.74) is 1.40. The number of morpholine rings is 1. The van der Waals surface area contributed by atoms with E-state index < -0.39 is 0 Å². The highest BCUT2D eigenvalue weighted by molar-refractivity contribution is 5.20. The molecule has 0 aromatic heterocycles. The van der Waals surface area contributed by atoms with Crippen LogP contribution in [0, 0.1) is 5.92 Å². The highest BCUT2D eigenvalue weighted by Crippen LogP contribution is 2.26. The van der Waals surface area contributed by atoms with Crippen molar-refractivity contribution in [1.82, 2.24) is 10.2 Å². The second-order valence-electron chi connectivity index (χ2n) is 6.67. The fraction of sp³-hybridized carbons (Fsp3) is 0.667. The van der Waals surface area contributed by atoms with E-state index in [1.54, 1.807) is 0 Å². The molecule has 0 spiro atoms. The molecular formula is C18H30N2O. The lowest BCUT2D eigenvalue weighted by molar-refractivity contribution is -0.0665. The lowest BCUT2D eigenvalue weighted by atomic mass is 10.0. The predicted molar refractivity (Wildman–Crippen MR) is 88.5 cm³/mol. The lowest BCUT2D eigenvalue weighted by Crippen LogP contribution is -2.51. The Kier molecular flexibility index (Phi) is 6.22. The van der Waals surface area contributed by atoms with Gasteiger partial charge in [-0.3, -0.25) is 4.90 Å². The van der Waals surface area contributed by atoms with Crippen LogP contribution in [0.5, 0.6) is 0 Å². The molecule has 3 atom stereocenters. The molecule has 0 saturated carbocycles. The van der Waals surface area contributed by atoms with Gasteiger partial charge in [0.15, 0.2) is 0 Å². The molecule has 2 rings (SSSR count). The van der Waals surface area contributed by atoms with Crippen LogP contribution in [0.2, 0.25) is 0 Å². The van der Waals surface area contributed by atoms with Gasteiger partial charge in [0.1, 0.15) is 0 Å². The molecule has 1 aliphatic rings. The number of ether oxygens (including phenoxy) is 1. The van der Waals surface area contributed by atoms with Crippen LogP contribution in [0.25, 0.3) is 0 Å². The molecule has 1 saturated heterocycles. The molecule has 21 heavy (non-hydrogen) atoms. The molecule has 3 nitrogen and oxygen atoms in total. The normalized spacial score (nSPS) is 25.2. The summed E-state index contributed by atoms with van der Waals surface area (Å²) >= 11 is 0. The molecule has 3 heteroatoms. The first-order valence-corrected chi connectivity index (χ1v) is 8.21. The molecular weight excluding hydrogens is 260 g/mol. The van der Waals surface area contributed by atoms with Crippen LogP contribution in [-0.2, 0) is 4.74 Å². The average molecular weight is 290 g/mol.